The molecule has 1 unspecified atom stereocenters. The topological polar surface area (TPSA) is 40.5 Å². The molecular weight excluding hydrogens is 238 g/mol. The molecule has 104 valence electrons. The first-order valence-corrected chi connectivity index (χ1v) is 7.21. The number of likely N-dealkylation sites (tertiary alicyclic amines) is 1. The average molecular weight is 261 g/mol. The Morgan fingerprint density at radius 1 is 1.16 bits per heavy atom. The molecule has 1 aromatic carbocycles. The van der Waals surface area contributed by atoms with Gasteiger partial charge >= 0.3 is 5.97 Å². The highest BCUT2D eigenvalue weighted by Gasteiger charge is 2.14. The summed E-state index contributed by atoms with van der Waals surface area (Å²) in [5.41, 5.74) is 2.16. The van der Waals surface area contributed by atoms with Crippen molar-refractivity contribution in [1.82, 2.24) is 4.90 Å². The van der Waals surface area contributed by atoms with Gasteiger partial charge in [-0.2, -0.15) is 0 Å². The van der Waals surface area contributed by atoms with E-state index < -0.39 is 11.9 Å². The molecule has 1 aliphatic heterocycles. The molecule has 1 N–H and O–H groups in total. The van der Waals surface area contributed by atoms with Crippen LogP contribution in [0.15, 0.2) is 24.3 Å². The molecule has 3 nitrogen and oxygen atoms in total. The largest absolute Gasteiger partial charge is 0.481 e. The van der Waals surface area contributed by atoms with Crippen LogP contribution in [0.5, 0.6) is 0 Å². The first-order chi connectivity index (χ1) is 9.16. The molecule has 2 rings (SSSR count). The van der Waals surface area contributed by atoms with Crippen LogP contribution in [0.1, 0.15) is 49.7 Å². The van der Waals surface area contributed by atoms with Crippen molar-refractivity contribution < 1.29 is 9.90 Å². The van der Waals surface area contributed by atoms with E-state index in [0.717, 1.165) is 12.1 Å². The Morgan fingerprint density at radius 3 is 2.26 bits per heavy atom. The summed E-state index contributed by atoms with van der Waals surface area (Å²) < 4.78 is 0. The Balaban J connectivity index is 1.96. The summed E-state index contributed by atoms with van der Waals surface area (Å²) in [6.07, 6.45) is 5.30. The summed E-state index contributed by atoms with van der Waals surface area (Å²) in [7, 11) is 0. The second-order valence-corrected chi connectivity index (χ2v) is 5.49. The Hall–Kier alpha value is -1.35. The molecule has 1 fully saturated rings. The van der Waals surface area contributed by atoms with Gasteiger partial charge in [0.25, 0.3) is 0 Å². The molecule has 0 radical (unpaired) electrons. The smallest absolute Gasteiger partial charge is 0.310 e. The van der Waals surface area contributed by atoms with Crippen molar-refractivity contribution in [3.05, 3.63) is 35.4 Å². The zero-order chi connectivity index (χ0) is 13.7. The Bertz CT molecular complexity index is 405. The lowest BCUT2D eigenvalue weighted by Gasteiger charge is -2.20. The molecule has 0 saturated carbocycles. The van der Waals surface area contributed by atoms with Gasteiger partial charge < -0.3 is 5.11 Å². The molecule has 0 amide bonds. The van der Waals surface area contributed by atoms with E-state index in [1.165, 1.54) is 44.3 Å². The summed E-state index contributed by atoms with van der Waals surface area (Å²) in [6.45, 7) is 5.09. The summed E-state index contributed by atoms with van der Waals surface area (Å²) in [4.78, 5) is 13.4. The Kier molecular flexibility index (Phi) is 4.97. The summed E-state index contributed by atoms with van der Waals surface area (Å²) >= 11 is 0. The molecule has 1 aromatic rings. The van der Waals surface area contributed by atoms with E-state index in [2.05, 4.69) is 17.0 Å². The highest BCUT2D eigenvalue weighted by molar-refractivity contribution is 5.75. The fourth-order valence-corrected chi connectivity index (χ4v) is 2.61. The van der Waals surface area contributed by atoms with Gasteiger partial charge in [-0.25, -0.2) is 0 Å². The van der Waals surface area contributed by atoms with Crippen molar-refractivity contribution in [3.8, 4) is 0 Å². The predicted octanol–water partition coefficient (Wildman–Crippen LogP) is 3.25. The van der Waals surface area contributed by atoms with Crippen molar-refractivity contribution in [2.24, 2.45) is 0 Å². The Labute approximate surface area is 115 Å². The van der Waals surface area contributed by atoms with Crippen molar-refractivity contribution in [2.45, 2.75) is 45.1 Å². The van der Waals surface area contributed by atoms with Crippen LogP contribution in [-0.4, -0.2) is 29.1 Å². The molecule has 1 aliphatic rings. The average Bonchev–Trinajstić information content (AvgIpc) is 2.67. The lowest BCUT2D eigenvalue weighted by atomic mass is 10.00. The molecular formula is C16H23NO2. The molecule has 1 heterocycles. The molecule has 0 aliphatic carbocycles. The summed E-state index contributed by atoms with van der Waals surface area (Å²) in [5, 5.41) is 8.99. The van der Waals surface area contributed by atoms with E-state index in [4.69, 9.17) is 5.11 Å². The number of rotatable bonds is 4. The lowest BCUT2D eigenvalue weighted by Crippen LogP contribution is -2.23. The number of carboxylic acids is 1. The quantitative estimate of drug-likeness (QED) is 0.904. The molecule has 0 aromatic heterocycles. The number of carbonyl (C=O) groups is 1. The Morgan fingerprint density at radius 2 is 1.74 bits per heavy atom. The van der Waals surface area contributed by atoms with E-state index >= 15 is 0 Å². The number of benzene rings is 1. The standard InChI is InChI=1S/C16H23NO2/c1-13(16(18)19)15-8-6-14(7-9-15)12-17-10-4-2-3-5-11-17/h6-9,13H,2-5,10-12H2,1H3,(H,18,19). The monoisotopic (exact) mass is 261 g/mol. The van der Waals surface area contributed by atoms with Gasteiger partial charge in [0.05, 0.1) is 5.92 Å². The van der Waals surface area contributed by atoms with Crippen molar-refractivity contribution in [1.29, 1.82) is 0 Å². The number of carboxylic acid groups (broad SMARTS) is 1. The van der Waals surface area contributed by atoms with Gasteiger partial charge in [0, 0.05) is 6.54 Å². The number of hydrogen-bond donors (Lipinski definition) is 1. The maximum atomic E-state index is 10.9. The number of aliphatic carboxylic acids is 1. The zero-order valence-corrected chi connectivity index (χ0v) is 11.6. The van der Waals surface area contributed by atoms with Crippen molar-refractivity contribution in [3.63, 3.8) is 0 Å². The second-order valence-electron chi connectivity index (χ2n) is 5.49. The van der Waals surface area contributed by atoms with Crippen LogP contribution in [0.25, 0.3) is 0 Å². The fourth-order valence-electron chi connectivity index (χ4n) is 2.61. The van der Waals surface area contributed by atoms with Gasteiger partial charge in [-0.3, -0.25) is 9.69 Å². The van der Waals surface area contributed by atoms with Crippen molar-refractivity contribution >= 4 is 5.97 Å². The van der Waals surface area contributed by atoms with Gasteiger partial charge in [0.2, 0.25) is 0 Å². The van der Waals surface area contributed by atoms with E-state index in [9.17, 15) is 4.79 Å². The maximum Gasteiger partial charge on any atom is 0.310 e. The van der Waals surface area contributed by atoms with Crippen LogP contribution in [0, 0.1) is 0 Å². The summed E-state index contributed by atoms with van der Waals surface area (Å²) in [6, 6.07) is 8.04. The lowest BCUT2D eigenvalue weighted by molar-refractivity contribution is -0.138. The minimum absolute atomic E-state index is 0.424. The van der Waals surface area contributed by atoms with Crippen LogP contribution >= 0.6 is 0 Å². The van der Waals surface area contributed by atoms with Gasteiger partial charge in [-0.1, -0.05) is 37.1 Å². The van der Waals surface area contributed by atoms with Crippen LogP contribution in [0.2, 0.25) is 0 Å². The predicted molar refractivity (Wildman–Crippen MR) is 76.2 cm³/mol. The second kappa shape index (κ2) is 6.71. The number of nitrogens with zero attached hydrogens (tertiary/aromatic N) is 1. The highest BCUT2D eigenvalue weighted by Crippen LogP contribution is 2.18. The normalized spacial score (nSPS) is 18.8. The highest BCUT2D eigenvalue weighted by atomic mass is 16.4. The van der Waals surface area contributed by atoms with Crippen LogP contribution in [0.3, 0.4) is 0 Å². The first kappa shape index (κ1) is 14.1. The molecule has 3 heteroatoms. The molecule has 1 saturated heterocycles. The SMILES string of the molecule is CC(C(=O)O)c1ccc(CN2CCCCCC2)cc1. The fraction of sp³-hybridized carbons (Fsp3) is 0.562. The minimum atomic E-state index is -0.764. The third kappa shape index (κ3) is 4.06. The zero-order valence-electron chi connectivity index (χ0n) is 11.6. The summed E-state index contributed by atoms with van der Waals surface area (Å²) in [5.74, 6) is -1.19. The third-order valence-corrected chi connectivity index (χ3v) is 3.96. The van der Waals surface area contributed by atoms with E-state index in [-0.39, 0.29) is 0 Å². The van der Waals surface area contributed by atoms with Crippen LogP contribution < -0.4 is 0 Å². The van der Waals surface area contributed by atoms with E-state index in [1.807, 2.05) is 12.1 Å². The van der Waals surface area contributed by atoms with Gasteiger partial charge in [0.15, 0.2) is 0 Å². The van der Waals surface area contributed by atoms with Crippen molar-refractivity contribution in [2.75, 3.05) is 13.1 Å². The van der Waals surface area contributed by atoms with Gasteiger partial charge in [-0.15, -0.1) is 0 Å². The first-order valence-electron chi connectivity index (χ1n) is 7.21. The van der Waals surface area contributed by atoms with Crippen LogP contribution in [-0.2, 0) is 11.3 Å². The van der Waals surface area contributed by atoms with E-state index in [0.29, 0.717) is 0 Å². The maximum absolute atomic E-state index is 10.9. The molecule has 0 bridgehead atoms. The number of hydrogen-bond acceptors (Lipinski definition) is 2. The van der Waals surface area contributed by atoms with Gasteiger partial charge in [-0.05, 0) is 44.0 Å². The molecule has 1 atom stereocenters. The van der Waals surface area contributed by atoms with Gasteiger partial charge in [0.1, 0.15) is 0 Å². The van der Waals surface area contributed by atoms with Crippen LogP contribution in [0.4, 0.5) is 0 Å². The minimum Gasteiger partial charge on any atom is -0.481 e. The van der Waals surface area contributed by atoms with E-state index in [1.54, 1.807) is 6.92 Å². The molecule has 19 heavy (non-hydrogen) atoms. The third-order valence-electron chi connectivity index (χ3n) is 3.96. The molecule has 0 spiro atoms.